The van der Waals surface area contributed by atoms with E-state index in [0.717, 1.165) is 11.1 Å². The van der Waals surface area contributed by atoms with Crippen LogP contribution in [0.25, 0.3) is 0 Å². The van der Waals surface area contributed by atoms with Crippen molar-refractivity contribution in [3.63, 3.8) is 0 Å². The molecule has 5 heteroatoms. The van der Waals surface area contributed by atoms with Crippen molar-refractivity contribution in [3.8, 4) is 0 Å². The molecule has 0 bridgehead atoms. The molecule has 0 spiro atoms. The van der Waals surface area contributed by atoms with E-state index in [1.807, 2.05) is 45.0 Å². The first-order valence-electron chi connectivity index (χ1n) is 9.64. The van der Waals surface area contributed by atoms with Crippen LogP contribution in [0.5, 0.6) is 0 Å². The van der Waals surface area contributed by atoms with Gasteiger partial charge in [0.2, 0.25) is 11.8 Å². The molecule has 0 heterocycles. The van der Waals surface area contributed by atoms with Crippen LogP contribution in [0.2, 0.25) is 0 Å². The van der Waals surface area contributed by atoms with Gasteiger partial charge >= 0.3 is 0 Å². The highest BCUT2D eigenvalue weighted by atomic mass is 19.1. The fraction of sp³-hybridized carbons (Fsp3) is 0.391. The predicted octanol–water partition coefficient (Wildman–Crippen LogP) is 3.87. The van der Waals surface area contributed by atoms with Gasteiger partial charge in [-0.3, -0.25) is 9.59 Å². The van der Waals surface area contributed by atoms with Crippen LogP contribution in [-0.4, -0.2) is 29.3 Å². The van der Waals surface area contributed by atoms with Crippen molar-refractivity contribution in [2.24, 2.45) is 5.92 Å². The number of benzene rings is 2. The van der Waals surface area contributed by atoms with Crippen LogP contribution < -0.4 is 5.32 Å². The summed E-state index contributed by atoms with van der Waals surface area (Å²) in [7, 11) is 0. The molecule has 2 aromatic carbocycles. The first-order valence-corrected chi connectivity index (χ1v) is 9.64. The van der Waals surface area contributed by atoms with Crippen LogP contribution in [0.15, 0.2) is 48.5 Å². The zero-order valence-electron chi connectivity index (χ0n) is 17.0. The van der Waals surface area contributed by atoms with Gasteiger partial charge in [-0.05, 0) is 31.4 Å². The van der Waals surface area contributed by atoms with Gasteiger partial charge in [-0.15, -0.1) is 0 Å². The highest BCUT2D eigenvalue weighted by Gasteiger charge is 2.26. The smallest absolute Gasteiger partial charge is 0.242 e. The molecule has 150 valence electrons. The summed E-state index contributed by atoms with van der Waals surface area (Å²) in [6, 6.07) is 13.3. The Morgan fingerprint density at radius 2 is 1.68 bits per heavy atom. The second-order valence-electron chi connectivity index (χ2n) is 7.59. The summed E-state index contributed by atoms with van der Waals surface area (Å²) >= 11 is 0. The van der Waals surface area contributed by atoms with Crippen molar-refractivity contribution in [1.29, 1.82) is 0 Å². The summed E-state index contributed by atoms with van der Waals surface area (Å²) in [5.41, 5.74) is 2.37. The minimum absolute atomic E-state index is 0.0492. The molecule has 0 fully saturated rings. The number of carbonyl (C=O) groups excluding carboxylic acids is 2. The first-order chi connectivity index (χ1) is 13.3. The SMILES string of the molecule is Cc1ccc(CC(=O)N(Cc2ccccc2F)C(C)C(=O)NCC(C)C)cc1. The number of amides is 2. The summed E-state index contributed by atoms with van der Waals surface area (Å²) in [5.74, 6) is -0.522. The van der Waals surface area contributed by atoms with Crippen molar-refractivity contribution in [2.45, 2.75) is 46.7 Å². The van der Waals surface area contributed by atoms with Crippen molar-refractivity contribution in [2.75, 3.05) is 6.54 Å². The second-order valence-corrected chi connectivity index (χ2v) is 7.59. The molecule has 0 aliphatic heterocycles. The van der Waals surface area contributed by atoms with Gasteiger partial charge in [0, 0.05) is 18.7 Å². The van der Waals surface area contributed by atoms with Crippen LogP contribution in [0.1, 0.15) is 37.5 Å². The first kappa shape index (κ1) is 21.6. The van der Waals surface area contributed by atoms with Crippen molar-refractivity contribution >= 4 is 11.8 Å². The lowest BCUT2D eigenvalue weighted by Crippen LogP contribution is -2.48. The Labute approximate surface area is 166 Å². The van der Waals surface area contributed by atoms with E-state index >= 15 is 0 Å². The number of nitrogens with one attached hydrogen (secondary N) is 1. The minimum Gasteiger partial charge on any atom is -0.354 e. The summed E-state index contributed by atoms with van der Waals surface area (Å²) in [4.78, 5) is 27.0. The van der Waals surface area contributed by atoms with Gasteiger partial charge in [0.1, 0.15) is 11.9 Å². The van der Waals surface area contributed by atoms with Gasteiger partial charge in [-0.1, -0.05) is 61.9 Å². The number of hydrogen-bond acceptors (Lipinski definition) is 2. The number of carbonyl (C=O) groups is 2. The zero-order valence-corrected chi connectivity index (χ0v) is 17.0. The summed E-state index contributed by atoms with van der Waals surface area (Å²) in [5, 5.41) is 2.86. The number of halogens is 1. The molecular weight excluding hydrogens is 355 g/mol. The normalized spacial score (nSPS) is 11.9. The largest absolute Gasteiger partial charge is 0.354 e. The van der Waals surface area contributed by atoms with Crippen LogP contribution in [0.3, 0.4) is 0 Å². The van der Waals surface area contributed by atoms with Gasteiger partial charge in [0.05, 0.1) is 6.42 Å². The van der Waals surface area contributed by atoms with Gasteiger partial charge in [-0.25, -0.2) is 4.39 Å². The Bertz CT molecular complexity index is 803. The van der Waals surface area contributed by atoms with Crippen LogP contribution >= 0.6 is 0 Å². The number of aryl methyl sites for hydroxylation is 1. The molecule has 0 radical (unpaired) electrons. The van der Waals surface area contributed by atoms with E-state index in [1.54, 1.807) is 25.1 Å². The third-order valence-electron chi connectivity index (χ3n) is 4.63. The maximum absolute atomic E-state index is 14.2. The number of nitrogens with zero attached hydrogens (tertiary/aromatic N) is 1. The lowest BCUT2D eigenvalue weighted by Gasteiger charge is -2.29. The molecule has 4 nitrogen and oxygen atoms in total. The fourth-order valence-electron chi connectivity index (χ4n) is 2.83. The van der Waals surface area contributed by atoms with Gasteiger partial charge in [0.15, 0.2) is 0 Å². The molecule has 2 aromatic rings. The Kier molecular flexibility index (Phi) is 7.73. The van der Waals surface area contributed by atoms with E-state index < -0.39 is 6.04 Å². The monoisotopic (exact) mass is 384 g/mol. The molecule has 0 aliphatic rings. The molecule has 1 N–H and O–H groups in total. The Morgan fingerprint density at radius 3 is 2.29 bits per heavy atom. The Balaban J connectivity index is 2.21. The van der Waals surface area contributed by atoms with Gasteiger partial charge in [0.25, 0.3) is 0 Å². The maximum atomic E-state index is 14.2. The fourth-order valence-corrected chi connectivity index (χ4v) is 2.83. The highest BCUT2D eigenvalue weighted by Crippen LogP contribution is 2.15. The average molecular weight is 384 g/mol. The van der Waals surface area contributed by atoms with E-state index in [9.17, 15) is 14.0 Å². The van der Waals surface area contributed by atoms with Gasteiger partial charge in [-0.2, -0.15) is 0 Å². The lowest BCUT2D eigenvalue weighted by atomic mass is 10.1. The van der Waals surface area contributed by atoms with E-state index in [4.69, 9.17) is 0 Å². The topological polar surface area (TPSA) is 49.4 Å². The zero-order chi connectivity index (χ0) is 20.7. The third kappa shape index (κ3) is 6.19. The second kappa shape index (κ2) is 10.0. The Hall–Kier alpha value is -2.69. The summed E-state index contributed by atoms with van der Waals surface area (Å²) in [6.45, 7) is 8.26. The quantitative estimate of drug-likeness (QED) is 0.751. The Morgan fingerprint density at radius 1 is 1.04 bits per heavy atom. The predicted molar refractivity (Wildman–Crippen MR) is 109 cm³/mol. The molecule has 0 saturated heterocycles. The third-order valence-corrected chi connectivity index (χ3v) is 4.63. The lowest BCUT2D eigenvalue weighted by molar-refractivity contribution is -0.140. The maximum Gasteiger partial charge on any atom is 0.242 e. The van der Waals surface area contributed by atoms with Crippen molar-refractivity contribution in [1.82, 2.24) is 10.2 Å². The molecule has 1 atom stereocenters. The van der Waals surface area contributed by atoms with E-state index in [-0.39, 0.29) is 30.6 Å². The molecule has 0 aliphatic carbocycles. The average Bonchev–Trinajstić information content (AvgIpc) is 2.66. The molecular formula is C23H29FN2O2. The van der Waals surface area contributed by atoms with Crippen LogP contribution in [0.4, 0.5) is 4.39 Å². The molecule has 1 unspecified atom stereocenters. The van der Waals surface area contributed by atoms with Crippen LogP contribution in [-0.2, 0) is 22.6 Å². The standard InChI is InChI=1S/C23H29FN2O2/c1-16(2)14-25-23(28)18(4)26(15-20-7-5-6-8-21(20)24)22(27)13-19-11-9-17(3)10-12-19/h5-12,16,18H,13-15H2,1-4H3,(H,25,28). The summed E-state index contributed by atoms with van der Waals surface area (Å²) < 4.78 is 14.2. The molecule has 2 rings (SSSR count). The highest BCUT2D eigenvalue weighted by molar-refractivity contribution is 5.88. The van der Waals surface area contributed by atoms with Crippen LogP contribution in [0, 0.1) is 18.7 Å². The van der Waals surface area contributed by atoms with Gasteiger partial charge < -0.3 is 10.2 Å². The number of hydrogen-bond donors (Lipinski definition) is 1. The molecule has 0 saturated carbocycles. The number of rotatable bonds is 8. The van der Waals surface area contributed by atoms with E-state index in [0.29, 0.717) is 18.0 Å². The van der Waals surface area contributed by atoms with E-state index in [2.05, 4.69) is 5.32 Å². The molecule has 2 amide bonds. The molecule has 28 heavy (non-hydrogen) atoms. The summed E-state index contributed by atoms with van der Waals surface area (Å²) in [6.07, 6.45) is 0.163. The van der Waals surface area contributed by atoms with Crippen molar-refractivity contribution < 1.29 is 14.0 Å². The van der Waals surface area contributed by atoms with E-state index in [1.165, 1.54) is 11.0 Å². The minimum atomic E-state index is -0.698. The molecule has 0 aromatic heterocycles. The van der Waals surface area contributed by atoms with Crippen molar-refractivity contribution in [3.05, 3.63) is 71.0 Å².